The van der Waals surface area contributed by atoms with E-state index in [1.165, 1.54) is 0 Å². The molecule has 0 heterocycles. The highest BCUT2D eigenvalue weighted by molar-refractivity contribution is 9.10. The van der Waals surface area contributed by atoms with E-state index >= 15 is 0 Å². The topological polar surface area (TPSA) is 75.4 Å². The van der Waals surface area contributed by atoms with E-state index in [4.69, 9.17) is 5.73 Å². The van der Waals surface area contributed by atoms with Crippen LogP contribution in [0.4, 0.5) is 14.5 Å². The molecule has 1 aromatic carbocycles. The summed E-state index contributed by atoms with van der Waals surface area (Å²) < 4.78 is 26.6. The van der Waals surface area contributed by atoms with Gasteiger partial charge in [0.1, 0.15) is 0 Å². The van der Waals surface area contributed by atoms with Crippen molar-refractivity contribution in [3.8, 4) is 0 Å². The first-order valence-electron chi connectivity index (χ1n) is 6.33. The van der Waals surface area contributed by atoms with Crippen molar-refractivity contribution in [1.82, 2.24) is 5.32 Å². The lowest BCUT2D eigenvalue weighted by molar-refractivity contribution is 0.0717. The molecule has 1 fully saturated rings. The number of aliphatic hydroxyl groups is 1. The molecule has 1 aliphatic rings. The van der Waals surface area contributed by atoms with Gasteiger partial charge in [-0.05, 0) is 34.8 Å². The maximum atomic E-state index is 13.5. The number of nitrogens with one attached hydrogen (secondary N) is 1. The molecular weight excluding hydrogens is 334 g/mol. The number of nitrogen functional groups attached to an aromatic ring is 1. The van der Waals surface area contributed by atoms with E-state index in [9.17, 15) is 18.7 Å². The Labute approximate surface area is 123 Å². The second-order valence-corrected chi connectivity index (χ2v) is 5.73. The third-order valence-corrected chi connectivity index (χ3v) is 4.07. The molecule has 0 unspecified atom stereocenters. The van der Waals surface area contributed by atoms with Crippen molar-refractivity contribution in [2.75, 3.05) is 5.73 Å². The molecule has 0 aromatic heterocycles. The minimum absolute atomic E-state index is 0.145. The van der Waals surface area contributed by atoms with Crippen LogP contribution in [0.3, 0.4) is 0 Å². The Balaban J connectivity index is 2.21. The number of hydrogen-bond donors (Lipinski definition) is 3. The maximum Gasteiger partial charge on any atom is 0.253 e. The van der Waals surface area contributed by atoms with Crippen molar-refractivity contribution >= 4 is 27.5 Å². The second-order valence-electron chi connectivity index (χ2n) is 4.88. The Morgan fingerprint density at radius 2 is 2.00 bits per heavy atom. The molecule has 1 saturated carbocycles. The molecule has 0 spiro atoms. The van der Waals surface area contributed by atoms with Crippen LogP contribution >= 0.6 is 15.9 Å². The molecule has 0 bridgehead atoms. The summed E-state index contributed by atoms with van der Waals surface area (Å²) in [5.41, 5.74) is 4.76. The Morgan fingerprint density at radius 1 is 1.35 bits per heavy atom. The molecule has 0 saturated heterocycles. The molecule has 20 heavy (non-hydrogen) atoms. The fourth-order valence-corrected chi connectivity index (χ4v) is 2.73. The summed E-state index contributed by atoms with van der Waals surface area (Å²) in [6, 6.07) is 0.751. The first-order chi connectivity index (χ1) is 9.41. The average molecular weight is 349 g/mol. The normalized spacial score (nSPS) is 22.6. The van der Waals surface area contributed by atoms with Gasteiger partial charge in [0, 0.05) is 0 Å². The largest absolute Gasteiger partial charge is 0.396 e. The Bertz CT molecular complexity index is 540. The number of hydrogen-bond acceptors (Lipinski definition) is 3. The van der Waals surface area contributed by atoms with Gasteiger partial charge in [0.05, 0.1) is 27.9 Å². The molecular formula is C13H15BrF2N2O2. The first-order valence-corrected chi connectivity index (χ1v) is 7.13. The zero-order chi connectivity index (χ0) is 14.9. The van der Waals surface area contributed by atoms with E-state index in [2.05, 4.69) is 21.2 Å². The number of aliphatic hydroxyl groups excluding tert-OH is 1. The predicted octanol–water partition coefficient (Wildman–Crippen LogP) is 2.34. The van der Waals surface area contributed by atoms with Gasteiger partial charge in [0.15, 0.2) is 11.6 Å². The molecule has 1 aromatic rings. The number of nitrogens with two attached hydrogens (primary N) is 1. The number of carbonyl (C=O) groups is 1. The minimum atomic E-state index is -1.26. The lowest BCUT2D eigenvalue weighted by Crippen LogP contribution is -2.45. The van der Waals surface area contributed by atoms with Crippen LogP contribution in [0.1, 0.15) is 36.0 Å². The number of amides is 1. The summed E-state index contributed by atoms with van der Waals surface area (Å²) in [5.74, 6) is -3.00. The highest BCUT2D eigenvalue weighted by Crippen LogP contribution is 2.27. The van der Waals surface area contributed by atoms with Crippen LogP contribution in [0.15, 0.2) is 10.5 Å². The van der Waals surface area contributed by atoms with Gasteiger partial charge in [-0.1, -0.05) is 12.8 Å². The fraction of sp³-hybridized carbons (Fsp3) is 0.462. The zero-order valence-corrected chi connectivity index (χ0v) is 12.2. The molecule has 2 rings (SSSR count). The summed E-state index contributed by atoms with van der Waals surface area (Å²) in [4.78, 5) is 12.1. The summed E-state index contributed by atoms with van der Waals surface area (Å²) in [5, 5.41) is 12.4. The summed E-state index contributed by atoms with van der Waals surface area (Å²) in [7, 11) is 0. The number of benzene rings is 1. The average Bonchev–Trinajstić information content (AvgIpc) is 2.43. The molecule has 1 amide bonds. The van der Waals surface area contributed by atoms with Gasteiger partial charge < -0.3 is 16.2 Å². The molecule has 2 atom stereocenters. The number of rotatable bonds is 2. The van der Waals surface area contributed by atoms with Crippen LogP contribution in [-0.2, 0) is 0 Å². The molecule has 4 N–H and O–H groups in total. The van der Waals surface area contributed by atoms with Gasteiger partial charge in [0.25, 0.3) is 5.91 Å². The van der Waals surface area contributed by atoms with Crippen molar-refractivity contribution in [1.29, 1.82) is 0 Å². The second kappa shape index (κ2) is 6.05. The van der Waals surface area contributed by atoms with Crippen LogP contribution < -0.4 is 11.1 Å². The van der Waals surface area contributed by atoms with E-state index in [-0.39, 0.29) is 16.1 Å². The van der Waals surface area contributed by atoms with Crippen LogP contribution in [-0.4, -0.2) is 23.2 Å². The van der Waals surface area contributed by atoms with E-state index in [1.54, 1.807) is 0 Å². The van der Waals surface area contributed by atoms with E-state index in [0.29, 0.717) is 12.8 Å². The first kappa shape index (κ1) is 15.2. The molecule has 0 radical (unpaired) electrons. The van der Waals surface area contributed by atoms with Crippen molar-refractivity contribution in [2.45, 2.75) is 37.8 Å². The number of carbonyl (C=O) groups excluding carboxylic acids is 1. The van der Waals surface area contributed by atoms with Crippen molar-refractivity contribution in [2.24, 2.45) is 0 Å². The van der Waals surface area contributed by atoms with E-state index in [0.717, 1.165) is 18.9 Å². The van der Waals surface area contributed by atoms with Crippen LogP contribution in [0, 0.1) is 11.6 Å². The highest BCUT2D eigenvalue weighted by atomic mass is 79.9. The molecule has 0 aliphatic heterocycles. The molecule has 1 aliphatic carbocycles. The SMILES string of the molecule is Nc1c(C(=O)N[C@H]2CCCC[C@@H]2O)cc(Br)c(F)c1F. The molecule has 4 nitrogen and oxygen atoms in total. The molecule has 110 valence electrons. The Hall–Kier alpha value is -1.21. The predicted molar refractivity (Wildman–Crippen MR) is 74.2 cm³/mol. The van der Waals surface area contributed by atoms with Gasteiger partial charge in [-0.25, -0.2) is 8.78 Å². The highest BCUT2D eigenvalue weighted by Gasteiger charge is 2.27. The summed E-state index contributed by atoms with van der Waals surface area (Å²) in [6.45, 7) is 0. The lowest BCUT2D eigenvalue weighted by atomic mass is 9.92. The third-order valence-electron chi connectivity index (χ3n) is 3.49. The standard InChI is InChI=1S/C13H15BrF2N2O2/c14-7-5-6(12(17)11(16)10(7)15)13(20)18-8-3-1-2-4-9(8)19/h5,8-9,19H,1-4,17H2,(H,18,20)/t8-,9-/m0/s1. The van der Waals surface area contributed by atoms with Gasteiger partial charge in [-0.3, -0.25) is 4.79 Å². The zero-order valence-electron chi connectivity index (χ0n) is 10.6. The van der Waals surface area contributed by atoms with Crippen molar-refractivity contribution in [3.63, 3.8) is 0 Å². The van der Waals surface area contributed by atoms with Crippen LogP contribution in [0.2, 0.25) is 0 Å². The van der Waals surface area contributed by atoms with Gasteiger partial charge >= 0.3 is 0 Å². The van der Waals surface area contributed by atoms with Gasteiger partial charge in [0.2, 0.25) is 0 Å². The minimum Gasteiger partial charge on any atom is -0.396 e. The Morgan fingerprint density at radius 3 is 2.65 bits per heavy atom. The fourth-order valence-electron chi connectivity index (χ4n) is 2.32. The molecule has 7 heteroatoms. The smallest absolute Gasteiger partial charge is 0.253 e. The lowest BCUT2D eigenvalue weighted by Gasteiger charge is -2.28. The number of halogens is 3. The van der Waals surface area contributed by atoms with E-state index < -0.39 is 29.3 Å². The van der Waals surface area contributed by atoms with Crippen LogP contribution in [0.5, 0.6) is 0 Å². The quantitative estimate of drug-likeness (QED) is 0.567. The number of anilines is 1. The summed E-state index contributed by atoms with van der Waals surface area (Å²) in [6.07, 6.45) is 2.45. The van der Waals surface area contributed by atoms with Crippen molar-refractivity contribution in [3.05, 3.63) is 27.7 Å². The summed E-state index contributed by atoms with van der Waals surface area (Å²) >= 11 is 2.84. The monoisotopic (exact) mass is 348 g/mol. The Kier molecular flexibility index (Phi) is 4.59. The van der Waals surface area contributed by atoms with Gasteiger partial charge in [-0.15, -0.1) is 0 Å². The third kappa shape index (κ3) is 2.93. The van der Waals surface area contributed by atoms with Gasteiger partial charge in [-0.2, -0.15) is 0 Å². The maximum absolute atomic E-state index is 13.5. The van der Waals surface area contributed by atoms with Crippen molar-refractivity contribution < 1.29 is 18.7 Å². The van der Waals surface area contributed by atoms with Crippen LogP contribution in [0.25, 0.3) is 0 Å². The van der Waals surface area contributed by atoms with E-state index in [1.807, 2.05) is 0 Å².